The van der Waals surface area contributed by atoms with E-state index in [1.54, 1.807) is 6.20 Å². The van der Waals surface area contributed by atoms with Gasteiger partial charge < -0.3 is 5.11 Å². The van der Waals surface area contributed by atoms with Crippen molar-refractivity contribution in [2.75, 3.05) is 13.1 Å². The van der Waals surface area contributed by atoms with Crippen LogP contribution in [0.3, 0.4) is 0 Å². The number of likely N-dealkylation sites (tertiary alicyclic amines) is 1. The highest BCUT2D eigenvalue weighted by Gasteiger charge is 2.36. The highest BCUT2D eigenvalue weighted by atomic mass is 16.4. The molecule has 0 aliphatic carbocycles. The number of carboxylic acid groups (broad SMARTS) is 1. The molecule has 17 heavy (non-hydrogen) atoms. The van der Waals surface area contributed by atoms with E-state index in [9.17, 15) is 4.79 Å². The third kappa shape index (κ3) is 2.47. The Labute approximate surface area is 101 Å². The van der Waals surface area contributed by atoms with E-state index < -0.39 is 5.97 Å². The van der Waals surface area contributed by atoms with E-state index in [1.165, 1.54) is 0 Å². The Morgan fingerprint density at radius 1 is 1.59 bits per heavy atom. The molecule has 2 rings (SSSR count). The molecule has 0 spiro atoms. The van der Waals surface area contributed by atoms with Gasteiger partial charge >= 0.3 is 5.97 Å². The maximum Gasteiger partial charge on any atom is 0.308 e. The van der Waals surface area contributed by atoms with Crippen LogP contribution < -0.4 is 0 Å². The molecule has 1 unspecified atom stereocenters. The molecule has 4 heteroatoms. The summed E-state index contributed by atoms with van der Waals surface area (Å²) in [6, 6.07) is 4.19. The highest BCUT2D eigenvalue weighted by Crippen LogP contribution is 2.30. The van der Waals surface area contributed by atoms with E-state index in [1.807, 2.05) is 25.3 Å². The fourth-order valence-corrected chi connectivity index (χ4v) is 2.48. The number of hydrogen-bond acceptors (Lipinski definition) is 3. The van der Waals surface area contributed by atoms with Gasteiger partial charge in [-0.05, 0) is 24.5 Å². The molecule has 92 valence electrons. The molecule has 0 amide bonds. The first-order valence-electron chi connectivity index (χ1n) is 5.96. The topological polar surface area (TPSA) is 53.4 Å². The predicted octanol–water partition coefficient (Wildman–Crippen LogP) is 1.80. The smallest absolute Gasteiger partial charge is 0.308 e. The molecule has 0 bridgehead atoms. The van der Waals surface area contributed by atoms with E-state index in [0.717, 1.165) is 12.1 Å². The summed E-state index contributed by atoms with van der Waals surface area (Å²) >= 11 is 0. The number of nitrogens with zero attached hydrogens (tertiary/aromatic N) is 2. The molecule has 1 saturated heterocycles. The molecule has 0 saturated carbocycles. The normalized spacial score (nSPS) is 26.9. The fourth-order valence-electron chi connectivity index (χ4n) is 2.48. The summed E-state index contributed by atoms with van der Waals surface area (Å²) in [6.45, 7) is 5.59. The molecule has 0 aromatic carbocycles. The van der Waals surface area contributed by atoms with Crippen LogP contribution in [0.5, 0.6) is 0 Å². The molecule has 4 nitrogen and oxygen atoms in total. The van der Waals surface area contributed by atoms with Gasteiger partial charge in [0, 0.05) is 31.5 Å². The summed E-state index contributed by atoms with van der Waals surface area (Å²) < 4.78 is 0. The largest absolute Gasteiger partial charge is 0.481 e. The zero-order chi connectivity index (χ0) is 12.4. The van der Waals surface area contributed by atoms with Crippen LogP contribution in [0.25, 0.3) is 0 Å². The molecule has 3 atom stereocenters. The van der Waals surface area contributed by atoms with E-state index in [2.05, 4.69) is 16.8 Å². The molecule has 1 fully saturated rings. The van der Waals surface area contributed by atoms with Gasteiger partial charge in [-0.15, -0.1) is 0 Å². The van der Waals surface area contributed by atoms with Crippen LogP contribution in [0.4, 0.5) is 0 Å². The number of aliphatic carboxylic acids is 1. The van der Waals surface area contributed by atoms with Crippen LogP contribution in [0, 0.1) is 11.8 Å². The van der Waals surface area contributed by atoms with Crippen molar-refractivity contribution in [3.63, 3.8) is 0 Å². The number of aromatic nitrogens is 1. The first kappa shape index (κ1) is 12.0. The molecule has 2 heterocycles. The molecule has 1 aromatic heterocycles. The van der Waals surface area contributed by atoms with Crippen molar-refractivity contribution in [3.05, 3.63) is 30.1 Å². The summed E-state index contributed by atoms with van der Waals surface area (Å²) in [5.74, 6) is -0.709. The Kier molecular flexibility index (Phi) is 3.43. The van der Waals surface area contributed by atoms with Crippen molar-refractivity contribution in [2.24, 2.45) is 11.8 Å². The first-order valence-corrected chi connectivity index (χ1v) is 5.96. The summed E-state index contributed by atoms with van der Waals surface area (Å²) in [7, 11) is 0. The zero-order valence-corrected chi connectivity index (χ0v) is 10.2. The third-order valence-electron chi connectivity index (χ3n) is 3.67. The lowest BCUT2D eigenvalue weighted by Crippen LogP contribution is -2.26. The van der Waals surface area contributed by atoms with Crippen LogP contribution in [0.2, 0.25) is 0 Å². The Hall–Kier alpha value is -1.42. The number of rotatable bonds is 3. The van der Waals surface area contributed by atoms with Gasteiger partial charge in [0.1, 0.15) is 0 Å². The summed E-state index contributed by atoms with van der Waals surface area (Å²) in [4.78, 5) is 17.4. The second-order valence-electron chi connectivity index (χ2n) is 4.84. The first-order chi connectivity index (χ1) is 8.09. The van der Waals surface area contributed by atoms with E-state index >= 15 is 0 Å². The number of hydrogen-bond donors (Lipinski definition) is 1. The maximum absolute atomic E-state index is 11.1. The Morgan fingerprint density at radius 2 is 2.35 bits per heavy atom. The van der Waals surface area contributed by atoms with Crippen LogP contribution in [0.1, 0.15) is 25.5 Å². The zero-order valence-electron chi connectivity index (χ0n) is 10.2. The Balaban J connectivity index is 2.08. The Bertz CT molecular complexity index is 394. The SMILES string of the molecule is CC(c1cccnc1)N1C[C@@H](C)[C@H](C(=O)O)C1. The van der Waals surface area contributed by atoms with Crippen LogP contribution in [0.15, 0.2) is 24.5 Å². The minimum absolute atomic E-state index is 0.214. The van der Waals surface area contributed by atoms with E-state index in [-0.39, 0.29) is 17.9 Å². The van der Waals surface area contributed by atoms with E-state index in [4.69, 9.17) is 5.11 Å². The van der Waals surface area contributed by atoms with Crippen LogP contribution in [-0.4, -0.2) is 34.0 Å². The van der Waals surface area contributed by atoms with Crippen molar-refractivity contribution in [3.8, 4) is 0 Å². The monoisotopic (exact) mass is 234 g/mol. The fraction of sp³-hybridized carbons (Fsp3) is 0.538. The number of carbonyl (C=O) groups is 1. The van der Waals surface area contributed by atoms with Gasteiger partial charge in [-0.2, -0.15) is 0 Å². The van der Waals surface area contributed by atoms with Crippen molar-refractivity contribution in [1.29, 1.82) is 0 Å². The predicted molar refractivity (Wildman–Crippen MR) is 64.5 cm³/mol. The van der Waals surface area contributed by atoms with E-state index in [0.29, 0.717) is 6.54 Å². The molecule has 0 radical (unpaired) electrons. The van der Waals surface area contributed by atoms with Crippen molar-refractivity contribution in [1.82, 2.24) is 9.88 Å². The summed E-state index contributed by atoms with van der Waals surface area (Å²) in [5, 5.41) is 9.11. The maximum atomic E-state index is 11.1. The molecular formula is C13H18N2O2. The van der Waals surface area contributed by atoms with Crippen molar-refractivity contribution < 1.29 is 9.90 Å². The van der Waals surface area contributed by atoms with Crippen molar-refractivity contribution in [2.45, 2.75) is 19.9 Å². The number of carboxylic acids is 1. The minimum Gasteiger partial charge on any atom is -0.481 e. The molecular weight excluding hydrogens is 216 g/mol. The van der Waals surface area contributed by atoms with Gasteiger partial charge in [0.15, 0.2) is 0 Å². The molecule has 1 N–H and O–H groups in total. The van der Waals surface area contributed by atoms with Gasteiger partial charge in [0.2, 0.25) is 0 Å². The number of pyridine rings is 1. The van der Waals surface area contributed by atoms with Gasteiger partial charge in [-0.1, -0.05) is 13.0 Å². The lowest BCUT2D eigenvalue weighted by Gasteiger charge is -2.24. The standard InChI is InChI=1S/C13H18N2O2/c1-9-7-15(8-12(9)13(16)17)10(2)11-4-3-5-14-6-11/h3-6,9-10,12H,7-8H2,1-2H3,(H,16,17)/t9-,10?,12-/m1/s1. The van der Waals surface area contributed by atoms with Crippen LogP contribution >= 0.6 is 0 Å². The lowest BCUT2D eigenvalue weighted by molar-refractivity contribution is -0.142. The van der Waals surface area contributed by atoms with Gasteiger partial charge in [-0.3, -0.25) is 14.7 Å². The third-order valence-corrected chi connectivity index (χ3v) is 3.67. The summed E-state index contributed by atoms with van der Waals surface area (Å²) in [5.41, 5.74) is 1.14. The Morgan fingerprint density at radius 3 is 2.88 bits per heavy atom. The molecule has 1 aromatic rings. The second kappa shape index (κ2) is 4.84. The van der Waals surface area contributed by atoms with Gasteiger partial charge in [0.05, 0.1) is 5.92 Å². The van der Waals surface area contributed by atoms with Crippen molar-refractivity contribution >= 4 is 5.97 Å². The van der Waals surface area contributed by atoms with Gasteiger partial charge in [-0.25, -0.2) is 0 Å². The second-order valence-corrected chi connectivity index (χ2v) is 4.84. The lowest BCUT2D eigenvalue weighted by atomic mass is 9.99. The summed E-state index contributed by atoms with van der Waals surface area (Å²) in [6.07, 6.45) is 3.60. The quantitative estimate of drug-likeness (QED) is 0.866. The highest BCUT2D eigenvalue weighted by molar-refractivity contribution is 5.71. The van der Waals surface area contributed by atoms with Crippen LogP contribution in [-0.2, 0) is 4.79 Å². The molecule has 1 aliphatic heterocycles. The minimum atomic E-state index is -0.682. The average Bonchev–Trinajstić information content (AvgIpc) is 2.71. The molecule has 1 aliphatic rings. The average molecular weight is 234 g/mol. The van der Waals surface area contributed by atoms with Gasteiger partial charge in [0.25, 0.3) is 0 Å².